The quantitative estimate of drug-likeness (QED) is 0.823. The summed E-state index contributed by atoms with van der Waals surface area (Å²) in [6.07, 6.45) is 1.56. The average molecular weight is 341 g/mol. The zero-order valence-corrected chi connectivity index (χ0v) is 15.5. The van der Waals surface area contributed by atoms with Gasteiger partial charge in [0.1, 0.15) is 12.0 Å². The summed E-state index contributed by atoms with van der Waals surface area (Å²) in [5, 5.41) is 1.82. The Balaban J connectivity index is 1.73. The predicted molar refractivity (Wildman–Crippen MR) is 104 cm³/mol. The number of hydrogen-bond acceptors (Lipinski definition) is 7. The van der Waals surface area contributed by atoms with Gasteiger partial charge in [0, 0.05) is 46.0 Å². The molecule has 3 N–H and O–H groups in total. The van der Waals surface area contributed by atoms with E-state index in [9.17, 15) is 0 Å². The van der Waals surface area contributed by atoms with Crippen molar-refractivity contribution in [3.8, 4) is 0 Å². The maximum absolute atomic E-state index is 6.28. The van der Waals surface area contributed by atoms with Gasteiger partial charge in [0.25, 0.3) is 0 Å². The summed E-state index contributed by atoms with van der Waals surface area (Å²) >= 11 is 0. The lowest BCUT2D eigenvalue weighted by Gasteiger charge is -2.38. The van der Waals surface area contributed by atoms with Gasteiger partial charge in [0.05, 0.1) is 0 Å². The van der Waals surface area contributed by atoms with E-state index in [0.717, 1.165) is 32.0 Å². The molecule has 0 saturated carbocycles. The largest absolute Gasteiger partial charge is 0.393 e. The van der Waals surface area contributed by atoms with Crippen LogP contribution in [-0.2, 0) is 0 Å². The van der Waals surface area contributed by atoms with E-state index in [2.05, 4.69) is 57.2 Å². The summed E-state index contributed by atoms with van der Waals surface area (Å²) < 4.78 is 0. The Morgan fingerprint density at radius 3 is 2.40 bits per heavy atom. The number of aryl methyl sites for hydroxylation is 1. The Morgan fingerprint density at radius 2 is 1.72 bits per heavy atom. The van der Waals surface area contributed by atoms with Crippen LogP contribution in [0.5, 0.6) is 0 Å². The van der Waals surface area contributed by atoms with Crippen LogP contribution in [0.1, 0.15) is 11.1 Å². The Labute approximate surface area is 149 Å². The third-order valence-electron chi connectivity index (χ3n) is 4.69. The van der Waals surface area contributed by atoms with Gasteiger partial charge in [-0.15, -0.1) is 0 Å². The lowest BCUT2D eigenvalue weighted by molar-refractivity contribution is 0.492. The summed E-state index contributed by atoms with van der Waals surface area (Å²) in [6, 6.07) is 6.50. The summed E-state index contributed by atoms with van der Waals surface area (Å²) in [7, 11) is 3.81. The molecule has 0 aliphatic carbocycles. The summed E-state index contributed by atoms with van der Waals surface area (Å²) in [4.78, 5) is 13.3. The third kappa shape index (κ3) is 3.61. The topological polar surface area (TPSA) is 73.6 Å². The molecule has 0 spiro atoms. The lowest BCUT2D eigenvalue weighted by atomic mass is 10.1. The summed E-state index contributed by atoms with van der Waals surface area (Å²) in [5.74, 6) is 1.45. The maximum Gasteiger partial charge on any atom is 0.169 e. The first-order valence-corrected chi connectivity index (χ1v) is 8.58. The van der Waals surface area contributed by atoms with Crippen LogP contribution in [-0.4, -0.2) is 55.3 Å². The number of anilines is 4. The van der Waals surface area contributed by atoms with Crippen molar-refractivity contribution in [3.63, 3.8) is 0 Å². The highest BCUT2D eigenvalue weighted by molar-refractivity contribution is 5.75. The normalized spacial score (nSPS) is 14.9. The molecule has 1 aliphatic heterocycles. The number of nitrogens with two attached hydrogens (primary N) is 1. The van der Waals surface area contributed by atoms with Gasteiger partial charge in [-0.05, 0) is 31.0 Å². The zero-order valence-electron chi connectivity index (χ0n) is 15.5. The highest BCUT2D eigenvalue weighted by Crippen LogP contribution is 2.29. The fourth-order valence-corrected chi connectivity index (χ4v) is 3.18. The van der Waals surface area contributed by atoms with Crippen LogP contribution < -0.4 is 21.0 Å². The van der Waals surface area contributed by atoms with Gasteiger partial charge in [0.2, 0.25) is 0 Å². The SMILES string of the molecule is Cc1cccc(N2CCN(c3ncnc(NN(C)C)c3N)CC2)c1C. The van der Waals surface area contributed by atoms with E-state index in [1.165, 1.54) is 16.8 Å². The van der Waals surface area contributed by atoms with Crippen LogP contribution in [0, 0.1) is 13.8 Å². The highest BCUT2D eigenvalue weighted by Gasteiger charge is 2.22. The molecular formula is C18H27N7. The molecular weight excluding hydrogens is 314 g/mol. The van der Waals surface area contributed by atoms with Crippen LogP contribution in [0.25, 0.3) is 0 Å². The van der Waals surface area contributed by atoms with Gasteiger partial charge in [-0.25, -0.2) is 15.0 Å². The molecule has 1 aliphatic rings. The molecule has 2 heterocycles. The van der Waals surface area contributed by atoms with E-state index >= 15 is 0 Å². The summed E-state index contributed by atoms with van der Waals surface area (Å²) in [5.41, 5.74) is 14.0. The van der Waals surface area contributed by atoms with Crippen LogP contribution in [0.2, 0.25) is 0 Å². The molecule has 3 rings (SSSR count). The van der Waals surface area contributed by atoms with E-state index in [1.54, 1.807) is 6.33 Å². The lowest BCUT2D eigenvalue weighted by Crippen LogP contribution is -2.47. The van der Waals surface area contributed by atoms with Crippen molar-refractivity contribution in [3.05, 3.63) is 35.7 Å². The monoisotopic (exact) mass is 341 g/mol. The number of hydrazine groups is 1. The molecule has 0 unspecified atom stereocenters. The Kier molecular flexibility index (Phi) is 4.94. The second-order valence-corrected chi connectivity index (χ2v) is 6.66. The Bertz CT molecular complexity index is 736. The van der Waals surface area contributed by atoms with E-state index in [1.807, 2.05) is 19.1 Å². The molecule has 1 aromatic carbocycles. The minimum atomic E-state index is 0.594. The smallest absolute Gasteiger partial charge is 0.169 e. The molecule has 0 radical (unpaired) electrons. The number of nitrogens with one attached hydrogen (secondary N) is 1. The van der Waals surface area contributed by atoms with Crippen molar-refractivity contribution in [1.29, 1.82) is 0 Å². The molecule has 7 heteroatoms. The van der Waals surface area contributed by atoms with Crippen LogP contribution >= 0.6 is 0 Å². The first kappa shape index (κ1) is 17.3. The Morgan fingerprint density at radius 1 is 1.04 bits per heavy atom. The number of piperazine rings is 1. The van der Waals surface area contributed by atoms with E-state index in [0.29, 0.717) is 11.5 Å². The molecule has 25 heavy (non-hydrogen) atoms. The average Bonchev–Trinajstić information content (AvgIpc) is 2.59. The first-order chi connectivity index (χ1) is 12.0. The van der Waals surface area contributed by atoms with Gasteiger partial charge in [-0.3, -0.25) is 0 Å². The molecule has 1 saturated heterocycles. The molecule has 2 aromatic rings. The number of hydrogen-bond donors (Lipinski definition) is 2. The second kappa shape index (κ2) is 7.14. The number of benzene rings is 1. The minimum Gasteiger partial charge on any atom is -0.393 e. The summed E-state index contributed by atoms with van der Waals surface area (Å²) in [6.45, 7) is 8.02. The van der Waals surface area contributed by atoms with Crippen molar-refractivity contribution in [2.24, 2.45) is 0 Å². The van der Waals surface area contributed by atoms with E-state index in [4.69, 9.17) is 5.73 Å². The van der Waals surface area contributed by atoms with Gasteiger partial charge in [-0.1, -0.05) is 12.1 Å². The number of rotatable bonds is 4. The third-order valence-corrected chi connectivity index (χ3v) is 4.69. The molecule has 134 valence electrons. The second-order valence-electron chi connectivity index (χ2n) is 6.66. The molecule has 0 atom stereocenters. The fourth-order valence-electron chi connectivity index (χ4n) is 3.18. The number of nitrogens with zero attached hydrogens (tertiary/aromatic N) is 5. The number of aromatic nitrogens is 2. The van der Waals surface area contributed by atoms with Crippen molar-refractivity contribution < 1.29 is 0 Å². The molecule has 0 amide bonds. The Hall–Kier alpha value is -2.54. The van der Waals surface area contributed by atoms with Gasteiger partial charge < -0.3 is 21.0 Å². The van der Waals surface area contributed by atoms with Crippen molar-refractivity contribution in [2.45, 2.75) is 13.8 Å². The van der Waals surface area contributed by atoms with E-state index in [-0.39, 0.29) is 0 Å². The van der Waals surface area contributed by atoms with Crippen molar-refractivity contribution in [2.75, 3.05) is 61.2 Å². The fraction of sp³-hybridized carbons (Fsp3) is 0.444. The van der Waals surface area contributed by atoms with Crippen LogP contribution in [0.3, 0.4) is 0 Å². The van der Waals surface area contributed by atoms with Crippen molar-refractivity contribution >= 4 is 23.0 Å². The predicted octanol–water partition coefficient (Wildman–Crippen LogP) is 1.89. The van der Waals surface area contributed by atoms with Gasteiger partial charge in [-0.2, -0.15) is 0 Å². The molecule has 1 fully saturated rings. The standard InChI is InChI=1S/C18H27N7/c1-13-6-5-7-15(14(13)2)24-8-10-25(11-9-24)18-16(19)17(20-12-21-18)22-23(3)4/h5-7,12H,8-11,19H2,1-4H3,(H,20,21,22). The highest BCUT2D eigenvalue weighted by atomic mass is 15.5. The number of nitrogen functional groups attached to an aromatic ring is 1. The van der Waals surface area contributed by atoms with Crippen LogP contribution in [0.15, 0.2) is 24.5 Å². The first-order valence-electron chi connectivity index (χ1n) is 8.58. The molecule has 0 bridgehead atoms. The van der Waals surface area contributed by atoms with E-state index < -0.39 is 0 Å². The zero-order chi connectivity index (χ0) is 18.0. The van der Waals surface area contributed by atoms with Gasteiger partial charge in [0.15, 0.2) is 11.6 Å². The molecule has 7 nitrogen and oxygen atoms in total. The van der Waals surface area contributed by atoms with Crippen molar-refractivity contribution in [1.82, 2.24) is 15.0 Å². The maximum atomic E-state index is 6.28. The van der Waals surface area contributed by atoms with Gasteiger partial charge >= 0.3 is 0 Å². The minimum absolute atomic E-state index is 0.594. The molecule has 1 aromatic heterocycles. The van der Waals surface area contributed by atoms with Crippen LogP contribution in [0.4, 0.5) is 23.0 Å².